The van der Waals surface area contributed by atoms with Crippen molar-refractivity contribution in [1.82, 2.24) is 9.38 Å². The number of hydrogen-bond donors (Lipinski definition) is 1. The Labute approximate surface area is 186 Å². The van der Waals surface area contributed by atoms with Crippen molar-refractivity contribution >= 4 is 39.5 Å². The zero-order chi connectivity index (χ0) is 22.1. The number of benzene rings is 2. The Morgan fingerprint density at radius 1 is 1.16 bits per heavy atom. The number of methoxy groups -OCH3 is 2. The molecule has 0 radical (unpaired) electrons. The first kappa shape index (κ1) is 20.9. The monoisotopic (exact) mass is 455 g/mol. The Bertz CT molecular complexity index is 1360. The predicted molar refractivity (Wildman–Crippen MR) is 122 cm³/mol. The quantitative estimate of drug-likeness (QED) is 0.473. The van der Waals surface area contributed by atoms with Crippen LogP contribution in [0.1, 0.15) is 15.9 Å². The summed E-state index contributed by atoms with van der Waals surface area (Å²) in [6.45, 7) is 1.86. The summed E-state index contributed by atoms with van der Waals surface area (Å²) < 4.78 is 12.2. The number of thiazole rings is 1. The van der Waals surface area contributed by atoms with E-state index in [0.29, 0.717) is 38.4 Å². The number of carbonyl (C=O) groups is 1. The van der Waals surface area contributed by atoms with Crippen molar-refractivity contribution in [3.63, 3.8) is 0 Å². The lowest BCUT2D eigenvalue weighted by Gasteiger charge is -2.11. The van der Waals surface area contributed by atoms with Crippen molar-refractivity contribution in [2.24, 2.45) is 0 Å². The van der Waals surface area contributed by atoms with Gasteiger partial charge in [0.15, 0.2) is 4.96 Å². The Morgan fingerprint density at radius 3 is 2.68 bits per heavy atom. The van der Waals surface area contributed by atoms with Crippen molar-refractivity contribution in [3.05, 3.63) is 74.5 Å². The molecule has 4 rings (SSSR count). The van der Waals surface area contributed by atoms with Crippen LogP contribution in [0.2, 0.25) is 5.02 Å². The van der Waals surface area contributed by atoms with Crippen LogP contribution < -0.4 is 20.3 Å². The zero-order valence-electron chi connectivity index (χ0n) is 16.9. The normalized spacial score (nSPS) is 10.8. The standard InChI is InChI=1S/C22H18ClN3O4S/c1-12-4-5-13(8-17(12)23)25-20(27)16-10-24-22-26(21(16)28)18(11-31-22)15-9-14(29-2)6-7-19(15)30-3/h4-11H,1-3H3,(H,25,27). The van der Waals surface area contributed by atoms with E-state index >= 15 is 0 Å². The second-order valence-electron chi connectivity index (χ2n) is 6.70. The summed E-state index contributed by atoms with van der Waals surface area (Å²) in [6, 6.07) is 10.4. The van der Waals surface area contributed by atoms with E-state index in [2.05, 4.69) is 10.3 Å². The number of halogens is 1. The Balaban J connectivity index is 1.80. The molecule has 0 bridgehead atoms. The van der Waals surface area contributed by atoms with Crippen molar-refractivity contribution in [2.75, 3.05) is 19.5 Å². The zero-order valence-corrected chi connectivity index (χ0v) is 18.5. The maximum atomic E-state index is 13.3. The van der Waals surface area contributed by atoms with Crippen LogP contribution in [0.5, 0.6) is 11.5 Å². The first-order valence-electron chi connectivity index (χ1n) is 9.22. The lowest BCUT2D eigenvalue weighted by Crippen LogP contribution is -2.26. The third kappa shape index (κ3) is 3.87. The van der Waals surface area contributed by atoms with Crippen LogP contribution in [0.25, 0.3) is 16.2 Å². The van der Waals surface area contributed by atoms with Gasteiger partial charge in [-0.1, -0.05) is 17.7 Å². The lowest BCUT2D eigenvalue weighted by atomic mass is 10.1. The Morgan fingerprint density at radius 2 is 1.97 bits per heavy atom. The molecule has 1 N–H and O–H groups in total. The van der Waals surface area contributed by atoms with Gasteiger partial charge in [0, 0.05) is 27.9 Å². The molecule has 158 valence electrons. The van der Waals surface area contributed by atoms with Gasteiger partial charge < -0.3 is 14.8 Å². The number of aryl methyl sites for hydroxylation is 1. The molecule has 0 aliphatic rings. The highest BCUT2D eigenvalue weighted by molar-refractivity contribution is 7.15. The number of amides is 1. The molecule has 2 aromatic carbocycles. The number of ether oxygens (including phenoxy) is 2. The van der Waals surface area contributed by atoms with Crippen LogP contribution in [0.4, 0.5) is 5.69 Å². The maximum absolute atomic E-state index is 13.3. The average Bonchev–Trinajstić information content (AvgIpc) is 3.21. The van der Waals surface area contributed by atoms with E-state index in [1.54, 1.807) is 56.0 Å². The topological polar surface area (TPSA) is 81.9 Å². The summed E-state index contributed by atoms with van der Waals surface area (Å²) in [4.78, 5) is 30.8. The van der Waals surface area contributed by atoms with E-state index in [1.165, 1.54) is 21.9 Å². The molecular formula is C22H18ClN3O4S. The highest BCUT2D eigenvalue weighted by atomic mass is 35.5. The van der Waals surface area contributed by atoms with Crippen LogP contribution in [0.15, 0.2) is 52.8 Å². The van der Waals surface area contributed by atoms with Gasteiger partial charge >= 0.3 is 0 Å². The molecular weight excluding hydrogens is 438 g/mol. The summed E-state index contributed by atoms with van der Waals surface area (Å²) in [5.41, 5.74) is 2.02. The number of fused-ring (bicyclic) bond motifs is 1. The van der Waals surface area contributed by atoms with Crippen molar-refractivity contribution in [1.29, 1.82) is 0 Å². The second-order valence-corrected chi connectivity index (χ2v) is 7.94. The van der Waals surface area contributed by atoms with Crippen LogP contribution in [0, 0.1) is 6.92 Å². The van der Waals surface area contributed by atoms with Gasteiger partial charge in [-0.05, 0) is 42.8 Å². The van der Waals surface area contributed by atoms with E-state index in [9.17, 15) is 9.59 Å². The van der Waals surface area contributed by atoms with Crippen LogP contribution in [-0.4, -0.2) is 29.5 Å². The molecule has 0 aliphatic carbocycles. The molecule has 0 saturated heterocycles. The fourth-order valence-corrected chi connectivity index (χ4v) is 4.15. The molecule has 0 atom stereocenters. The number of aromatic nitrogens is 2. The molecule has 2 aromatic heterocycles. The van der Waals surface area contributed by atoms with E-state index in [1.807, 2.05) is 6.92 Å². The molecule has 31 heavy (non-hydrogen) atoms. The molecule has 9 heteroatoms. The Kier molecular flexibility index (Phi) is 5.67. The van der Waals surface area contributed by atoms with Gasteiger partial charge in [-0.15, -0.1) is 11.3 Å². The Hall–Kier alpha value is -3.36. The first-order chi connectivity index (χ1) is 14.9. The van der Waals surface area contributed by atoms with Gasteiger partial charge in [0.25, 0.3) is 11.5 Å². The lowest BCUT2D eigenvalue weighted by molar-refractivity contribution is 0.102. The van der Waals surface area contributed by atoms with E-state index in [-0.39, 0.29) is 5.56 Å². The molecule has 0 fully saturated rings. The summed E-state index contributed by atoms with van der Waals surface area (Å²) in [5.74, 6) is 0.611. The van der Waals surface area contributed by atoms with Gasteiger partial charge in [0.2, 0.25) is 0 Å². The van der Waals surface area contributed by atoms with E-state index in [0.717, 1.165) is 5.56 Å². The highest BCUT2D eigenvalue weighted by Gasteiger charge is 2.19. The molecule has 0 spiro atoms. The van der Waals surface area contributed by atoms with Gasteiger partial charge in [-0.3, -0.25) is 14.0 Å². The van der Waals surface area contributed by atoms with Gasteiger partial charge in [0.1, 0.15) is 17.1 Å². The number of carbonyl (C=O) groups excluding carboxylic acids is 1. The number of hydrogen-bond acceptors (Lipinski definition) is 6. The minimum absolute atomic E-state index is 0.0873. The molecule has 4 aromatic rings. The smallest absolute Gasteiger partial charge is 0.271 e. The molecule has 0 saturated carbocycles. The maximum Gasteiger partial charge on any atom is 0.271 e. The van der Waals surface area contributed by atoms with E-state index < -0.39 is 11.5 Å². The fraction of sp³-hybridized carbons (Fsp3) is 0.136. The molecule has 2 heterocycles. The number of nitrogens with zero attached hydrogens (tertiary/aromatic N) is 2. The van der Waals surface area contributed by atoms with Gasteiger partial charge in [0.05, 0.1) is 19.9 Å². The van der Waals surface area contributed by atoms with Crippen LogP contribution in [0.3, 0.4) is 0 Å². The summed E-state index contributed by atoms with van der Waals surface area (Å²) in [6.07, 6.45) is 1.28. The number of nitrogens with one attached hydrogen (secondary N) is 1. The predicted octanol–water partition coefficient (Wildman–Crippen LogP) is 4.65. The minimum atomic E-state index is -0.568. The summed E-state index contributed by atoms with van der Waals surface area (Å²) in [5, 5.41) is 5.02. The first-order valence-corrected chi connectivity index (χ1v) is 10.5. The SMILES string of the molecule is COc1ccc(OC)c(-c2csc3ncc(C(=O)Nc4ccc(C)c(Cl)c4)c(=O)n23)c1. The molecule has 7 nitrogen and oxygen atoms in total. The fourth-order valence-electron chi connectivity index (χ4n) is 3.12. The van der Waals surface area contributed by atoms with Crippen molar-refractivity contribution < 1.29 is 14.3 Å². The van der Waals surface area contributed by atoms with Crippen molar-refractivity contribution in [2.45, 2.75) is 6.92 Å². The largest absolute Gasteiger partial charge is 0.497 e. The molecule has 1 amide bonds. The van der Waals surface area contributed by atoms with Crippen LogP contribution >= 0.6 is 22.9 Å². The molecule has 0 unspecified atom stereocenters. The summed E-state index contributed by atoms with van der Waals surface area (Å²) in [7, 11) is 3.11. The minimum Gasteiger partial charge on any atom is -0.497 e. The van der Waals surface area contributed by atoms with Crippen LogP contribution in [-0.2, 0) is 0 Å². The van der Waals surface area contributed by atoms with Gasteiger partial charge in [-0.2, -0.15) is 0 Å². The average molecular weight is 456 g/mol. The molecule has 0 aliphatic heterocycles. The third-order valence-electron chi connectivity index (χ3n) is 4.80. The van der Waals surface area contributed by atoms with E-state index in [4.69, 9.17) is 21.1 Å². The third-order valence-corrected chi connectivity index (χ3v) is 6.05. The highest BCUT2D eigenvalue weighted by Crippen LogP contribution is 2.35. The summed E-state index contributed by atoms with van der Waals surface area (Å²) >= 11 is 7.42. The van der Waals surface area contributed by atoms with Gasteiger partial charge in [-0.25, -0.2) is 4.98 Å². The number of rotatable bonds is 5. The van der Waals surface area contributed by atoms with Crippen molar-refractivity contribution in [3.8, 4) is 22.8 Å². The second kappa shape index (κ2) is 8.41. The number of anilines is 1.